The first-order valence-electron chi connectivity index (χ1n) is 8.86. The van der Waals surface area contributed by atoms with Gasteiger partial charge in [0.05, 0.1) is 4.92 Å². The molecule has 1 aliphatic rings. The Morgan fingerprint density at radius 1 is 1.28 bits per heavy atom. The highest BCUT2D eigenvalue weighted by Crippen LogP contribution is 2.27. The Hall–Kier alpha value is -2.15. The molecule has 1 aromatic rings. The van der Waals surface area contributed by atoms with Gasteiger partial charge in [-0.3, -0.25) is 14.9 Å². The standard InChI is InChI=1S/C18H27N3O4/c1-20(16-8-4-14(13-22)5-9-16)18(23)3-2-12-19-15-6-10-17(11-7-15)21(24)25/h6-7,10-11,14,16,19,22H,2-5,8-9,12-13H2,1H3. The molecule has 0 heterocycles. The fraction of sp³-hybridized carbons (Fsp3) is 0.611. The Morgan fingerprint density at radius 2 is 1.92 bits per heavy atom. The zero-order chi connectivity index (χ0) is 18.2. The van der Waals surface area contributed by atoms with Gasteiger partial charge in [-0.25, -0.2) is 0 Å². The Labute approximate surface area is 148 Å². The number of anilines is 1. The number of hydrogen-bond donors (Lipinski definition) is 2. The summed E-state index contributed by atoms with van der Waals surface area (Å²) in [5.74, 6) is 0.545. The maximum atomic E-state index is 12.3. The van der Waals surface area contributed by atoms with E-state index in [1.165, 1.54) is 12.1 Å². The smallest absolute Gasteiger partial charge is 0.269 e. The average molecular weight is 349 g/mol. The molecule has 7 nitrogen and oxygen atoms in total. The van der Waals surface area contributed by atoms with Crippen LogP contribution in [0, 0.1) is 16.0 Å². The van der Waals surface area contributed by atoms with Gasteiger partial charge in [0, 0.05) is 50.5 Å². The molecule has 0 radical (unpaired) electrons. The second-order valence-electron chi connectivity index (χ2n) is 6.70. The predicted molar refractivity (Wildman–Crippen MR) is 96.4 cm³/mol. The molecule has 0 spiro atoms. The molecule has 0 aromatic heterocycles. The molecule has 0 unspecified atom stereocenters. The minimum absolute atomic E-state index is 0.0678. The SMILES string of the molecule is CN(C(=O)CCCNc1ccc([N+](=O)[O-])cc1)C1CCC(CO)CC1. The number of nitro groups is 1. The third-order valence-electron chi connectivity index (χ3n) is 4.99. The molecule has 7 heteroatoms. The van der Waals surface area contributed by atoms with Gasteiger partial charge in [-0.1, -0.05) is 0 Å². The van der Waals surface area contributed by atoms with Crippen molar-refractivity contribution in [3.8, 4) is 0 Å². The van der Waals surface area contributed by atoms with Gasteiger partial charge in [0.1, 0.15) is 0 Å². The number of hydrogen-bond acceptors (Lipinski definition) is 5. The quantitative estimate of drug-likeness (QED) is 0.427. The van der Waals surface area contributed by atoms with Crippen LogP contribution in [0.15, 0.2) is 24.3 Å². The van der Waals surface area contributed by atoms with Gasteiger partial charge in [0.15, 0.2) is 0 Å². The number of amides is 1. The summed E-state index contributed by atoms with van der Waals surface area (Å²) < 4.78 is 0. The molecule has 1 aromatic carbocycles. The second-order valence-corrected chi connectivity index (χ2v) is 6.70. The van der Waals surface area contributed by atoms with Gasteiger partial charge >= 0.3 is 0 Å². The number of aliphatic hydroxyl groups excluding tert-OH is 1. The van der Waals surface area contributed by atoms with E-state index in [2.05, 4.69) is 5.32 Å². The van der Waals surface area contributed by atoms with Crippen molar-refractivity contribution in [1.29, 1.82) is 0 Å². The zero-order valence-electron chi connectivity index (χ0n) is 14.7. The molecule has 25 heavy (non-hydrogen) atoms. The Kier molecular flexibility index (Phi) is 7.18. The van der Waals surface area contributed by atoms with Crippen molar-refractivity contribution in [3.05, 3.63) is 34.4 Å². The molecule has 0 saturated heterocycles. The lowest BCUT2D eigenvalue weighted by molar-refractivity contribution is -0.384. The third kappa shape index (κ3) is 5.70. The highest BCUT2D eigenvalue weighted by molar-refractivity contribution is 5.76. The number of benzene rings is 1. The molecule has 1 amide bonds. The van der Waals surface area contributed by atoms with Crippen LogP contribution in [0.1, 0.15) is 38.5 Å². The molecule has 2 N–H and O–H groups in total. The number of nitro benzene ring substituents is 1. The minimum atomic E-state index is -0.424. The number of carbonyl (C=O) groups excluding carboxylic acids is 1. The molecular weight excluding hydrogens is 322 g/mol. The highest BCUT2D eigenvalue weighted by atomic mass is 16.6. The fourth-order valence-corrected chi connectivity index (χ4v) is 3.27. The lowest BCUT2D eigenvalue weighted by Crippen LogP contribution is -2.39. The summed E-state index contributed by atoms with van der Waals surface area (Å²) in [6, 6.07) is 6.56. The van der Waals surface area contributed by atoms with Crippen LogP contribution in [0.2, 0.25) is 0 Å². The van der Waals surface area contributed by atoms with E-state index >= 15 is 0 Å². The first kappa shape index (κ1) is 19.2. The van der Waals surface area contributed by atoms with E-state index in [9.17, 15) is 20.0 Å². The summed E-state index contributed by atoms with van der Waals surface area (Å²) in [5, 5.41) is 23.0. The van der Waals surface area contributed by atoms with Crippen LogP contribution < -0.4 is 5.32 Å². The number of carbonyl (C=O) groups is 1. The molecular formula is C18H27N3O4. The third-order valence-corrected chi connectivity index (χ3v) is 4.99. The van der Waals surface area contributed by atoms with Gasteiger partial charge in [-0.05, 0) is 50.2 Å². The van der Waals surface area contributed by atoms with Crippen molar-refractivity contribution >= 4 is 17.3 Å². The maximum absolute atomic E-state index is 12.3. The van der Waals surface area contributed by atoms with Crippen LogP contribution in [0.25, 0.3) is 0 Å². The van der Waals surface area contributed by atoms with Crippen LogP contribution in [0.5, 0.6) is 0 Å². The molecule has 138 valence electrons. The Bertz CT molecular complexity index is 568. The molecule has 2 rings (SSSR count). The van der Waals surface area contributed by atoms with E-state index in [1.807, 2.05) is 11.9 Å². The summed E-state index contributed by atoms with van der Waals surface area (Å²) in [4.78, 5) is 24.3. The summed E-state index contributed by atoms with van der Waals surface area (Å²) >= 11 is 0. The number of aliphatic hydroxyl groups is 1. The van der Waals surface area contributed by atoms with E-state index in [0.717, 1.165) is 31.4 Å². The number of nitrogens with zero attached hydrogens (tertiary/aromatic N) is 2. The van der Waals surface area contributed by atoms with Crippen LogP contribution in [0.3, 0.4) is 0 Å². The van der Waals surface area contributed by atoms with Crippen LogP contribution in [-0.4, -0.2) is 47.1 Å². The lowest BCUT2D eigenvalue weighted by Gasteiger charge is -2.34. The topological polar surface area (TPSA) is 95.7 Å². The zero-order valence-corrected chi connectivity index (χ0v) is 14.7. The monoisotopic (exact) mass is 349 g/mol. The minimum Gasteiger partial charge on any atom is -0.396 e. The van der Waals surface area contributed by atoms with Crippen LogP contribution >= 0.6 is 0 Å². The first-order valence-corrected chi connectivity index (χ1v) is 8.86. The van der Waals surface area contributed by atoms with Crippen molar-refractivity contribution in [2.45, 2.75) is 44.6 Å². The van der Waals surface area contributed by atoms with Crippen LogP contribution in [-0.2, 0) is 4.79 Å². The van der Waals surface area contributed by atoms with E-state index in [0.29, 0.717) is 25.3 Å². The molecule has 0 atom stereocenters. The summed E-state index contributed by atoms with van der Waals surface area (Å²) in [6.07, 6.45) is 5.10. The second kappa shape index (κ2) is 9.36. The van der Waals surface area contributed by atoms with Crippen LogP contribution in [0.4, 0.5) is 11.4 Å². The van der Waals surface area contributed by atoms with Gasteiger partial charge in [0.2, 0.25) is 5.91 Å². The van der Waals surface area contributed by atoms with Crippen molar-refractivity contribution in [1.82, 2.24) is 4.90 Å². The molecule has 0 bridgehead atoms. The molecule has 1 aliphatic carbocycles. The summed E-state index contributed by atoms with van der Waals surface area (Å²) in [7, 11) is 1.87. The maximum Gasteiger partial charge on any atom is 0.269 e. The van der Waals surface area contributed by atoms with Gasteiger partial charge in [-0.15, -0.1) is 0 Å². The normalized spacial score (nSPS) is 20.1. The fourth-order valence-electron chi connectivity index (χ4n) is 3.27. The first-order chi connectivity index (χ1) is 12.0. The van der Waals surface area contributed by atoms with Gasteiger partial charge < -0.3 is 15.3 Å². The van der Waals surface area contributed by atoms with E-state index in [4.69, 9.17) is 0 Å². The molecule has 1 fully saturated rings. The number of nitrogens with one attached hydrogen (secondary N) is 1. The molecule has 1 saturated carbocycles. The lowest BCUT2D eigenvalue weighted by atomic mass is 9.86. The van der Waals surface area contributed by atoms with E-state index < -0.39 is 4.92 Å². The summed E-state index contributed by atoms with van der Waals surface area (Å²) in [5.41, 5.74) is 0.881. The average Bonchev–Trinajstić information content (AvgIpc) is 2.65. The van der Waals surface area contributed by atoms with Gasteiger partial charge in [0.25, 0.3) is 5.69 Å². The molecule has 0 aliphatic heterocycles. The van der Waals surface area contributed by atoms with Gasteiger partial charge in [-0.2, -0.15) is 0 Å². The Balaban J connectivity index is 1.67. The van der Waals surface area contributed by atoms with Crippen molar-refractivity contribution < 1.29 is 14.8 Å². The van der Waals surface area contributed by atoms with E-state index in [-0.39, 0.29) is 24.2 Å². The highest BCUT2D eigenvalue weighted by Gasteiger charge is 2.25. The predicted octanol–water partition coefficient (Wildman–Crippen LogP) is 2.80. The Morgan fingerprint density at radius 3 is 2.48 bits per heavy atom. The van der Waals surface area contributed by atoms with Crippen molar-refractivity contribution in [3.63, 3.8) is 0 Å². The summed E-state index contributed by atoms with van der Waals surface area (Å²) in [6.45, 7) is 0.896. The number of non-ortho nitro benzene ring substituents is 1. The van der Waals surface area contributed by atoms with Crippen molar-refractivity contribution in [2.75, 3.05) is 25.5 Å². The van der Waals surface area contributed by atoms with Crippen molar-refractivity contribution in [2.24, 2.45) is 5.92 Å². The largest absolute Gasteiger partial charge is 0.396 e. The number of rotatable bonds is 8. The van der Waals surface area contributed by atoms with E-state index in [1.54, 1.807) is 12.1 Å².